The summed E-state index contributed by atoms with van der Waals surface area (Å²) in [6.45, 7) is 2.15. The predicted molar refractivity (Wildman–Crippen MR) is 39.2 cm³/mol. The van der Waals surface area contributed by atoms with Gasteiger partial charge < -0.3 is 5.73 Å². The number of thiol groups is 1. The van der Waals surface area contributed by atoms with Crippen LogP contribution in [0.5, 0.6) is 0 Å². The summed E-state index contributed by atoms with van der Waals surface area (Å²) in [5.41, 5.74) is 5.48. The molecule has 0 fully saturated rings. The Morgan fingerprint density at radius 2 is 2.20 bits per heavy atom. The first kappa shape index (κ1) is 9.87. The van der Waals surface area contributed by atoms with Crippen molar-refractivity contribution < 1.29 is 12.6 Å². The monoisotopic (exact) mass is 167 g/mol. The summed E-state index contributed by atoms with van der Waals surface area (Å²) in [7, 11) is -2.69. The standard InChI is InChI=1S/C5H13NO3S/c1-2-5(6)3-4-9-10(7)8/h5,10H,2-4,6H2,1H3. The van der Waals surface area contributed by atoms with Gasteiger partial charge in [-0.3, -0.25) is 4.18 Å². The third kappa shape index (κ3) is 6.00. The van der Waals surface area contributed by atoms with Gasteiger partial charge in [0.05, 0.1) is 6.61 Å². The highest BCUT2D eigenvalue weighted by Crippen LogP contribution is 1.92. The van der Waals surface area contributed by atoms with Crippen molar-refractivity contribution in [2.24, 2.45) is 5.73 Å². The highest BCUT2D eigenvalue weighted by Gasteiger charge is 1.97. The van der Waals surface area contributed by atoms with Gasteiger partial charge in [0, 0.05) is 6.04 Å². The zero-order valence-corrected chi connectivity index (χ0v) is 6.84. The Kier molecular flexibility index (Phi) is 5.57. The molecule has 0 spiro atoms. The fraction of sp³-hybridized carbons (Fsp3) is 1.00. The van der Waals surface area contributed by atoms with Gasteiger partial charge >= 0.3 is 0 Å². The first-order valence-electron chi connectivity index (χ1n) is 3.19. The number of hydrogen-bond acceptors (Lipinski definition) is 4. The molecule has 0 aliphatic heterocycles. The summed E-state index contributed by atoms with van der Waals surface area (Å²) in [4.78, 5) is 0. The van der Waals surface area contributed by atoms with Crippen LogP contribution in [0.15, 0.2) is 0 Å². The molecule has 0 rings (SSSR count). The number of rotatable bonds is 5. The second-order valence-corrected chi connectivity index (χ2v) is 2.72. The van der Waals surface area contributed by atoms with Crippen molar-refractivity contribution in [3.05, 3.63) is 0 Å². The van der Waals surface area contributed by atoms with Gasteiger partial charge in [0.25, 0.3) is 11.0 Å². The molecule has 0 bridgehead atoms. The second-order valence-electron chi connectivity index (χ2n) is 2.01. The lowest BCUT2D eigenvalue weighted by molar-refractivity contribution is 0.311. The maximum Gasteiger partial charge on any atom is 0.257 e. The van der Waals surface area contributed by atoms with Gasteiger partial charge in [-0.25, -0.2) is 8.42 Å². The molecule has 0 aromatic carbocycles. The molecule has 0 aliphatic rings. The van der Waals surface area contributed by atoms with Crippen molar-refractivity contribution in [1.82, 2.24) is 0 Å². The number of hydrogen-bond donors (Lipinski definition) is 2. The van der Waals surface area contributed by atoms with E-state index in [2.05, 4.69) is 4.18 Å². The molecule has 0 aromatic rings. The maximum atomic E-state index is 9.84. The summed E-state index contributed by atoms with van der Waals surface area (Å²) in [6.07, 6.45) is 1.44. The van der Waals surface area contributed by atoms with Gasteiger partial charge in [-0.1, -0.05) is 6.92 Å². The summed E-state index contributed by atoms with van der Waals surface area (Å²) >= 11 is 0. The van der Waals surface area contributed by atoms with Crippen LogP contribution in [0.4, 0.5) is 0 Å². The molecule has 0 radical (unpaired) electrons. The van der Waals surface area contributed by atoms with E-state index in [0.29, 0.717) is 6.42 Å². The minimum atomic E-state index is -2.69. The van der Waals surface area contributed by atoms with Crippen LogP contribution in [0.1, 0.15) is 19.8 Å². The first-order valence-corrected chi connectivity index (χ1v) is 4.29. The summed E-state index contributed by atoms with van der Waals surface area (Å²) < 4.78 is 24.0. The third-order valence-electron chi connectivity index (χ3n) is 1.21. The first-order chi connectivity index (χ1) is 4.66. The van der Waals surface area contributed by atoms with Gasteiger partial charge in [-0.15, -0.1) is 0 Å². The van der Waals surface area contributed by atoms with Crippen LogP contribution in [0, 0.1) is 0 Å². The topological polar surface area (TPSA) is 69.4 Å². The van der Waals surface area contributed by atoms with Gasteiger partial charge in [0.2, 0.25) is 0 Å². The van der Waals surface area contributed by atoms with Gasteiger partial charge in [0.1, 0.15) is 0 Å². The predicted octanol–water partition coefficient (Wildman–Crippen LogP) is -0.343. The van der Waals surface area contributed by atoms with Crippen molar-refractivity contribution in [1.29, 1.82) is 0 Å². The van der Waals surface area contributed by atoms with Gasteiger partial charge in [-0.2, -0.15) is 0 Å². The van der Waals surface area contributed by atoms with Gasteiger partial charge in [0.15, 0.2) is 0 Å². The van der Waals surface area contributed by atoms with E-state index in [-0.39, 0.29) is 12.6 Å². The molecular formula is C5H13NO3S. The van der Waals surface area contributed by atoms with Crippen molar-refractivity contribution in [3.8, 4) is 0 Å². The molecule has 2 N–H and O–H groups in total. The van der Waals surface area contributed by atoms with E-state index in [1.165, 1.54) is 0 Å². The maximum absolute atomic E-state index is 9.84. The lowest BCUT2D eigenvalue weighted by Gasteiger charge is -2.04. The quantitative estimate of drug-likeness (QED) is 0.549. The molecule has 0 amide bonds. The van der Waals surface area contributed by atoms with Crippen molar-refractivity contribution in [2.75, 3.05) is 6.61 Å². The van der Waals surface area contributed by atoms with E-state index >= 15 is 0 Å². The molecule has 4 nitrogen and oxygen atoms in total. The van der Waals surface area contributed by atoms with E-state index in [1.807, 2.05) is 6.92 Å². The van der Waals surface area contributed by atoms with Crippen LogP contribution >= 0.6 is 0 Å². The van der Waals surface area contributed by atoms with Crippen LogP contribution in [0.2, 0.25) is 0 Å². The minimum Gasteiger partial charge on any atom is -0.328 e. The Labute approximate surface area is 62.5 Å². The molecule has 5 heteroatoms. The molecule has 0 aromatic heterocycles. The zero-order valence-electron chi connectivity index (χ0n) is 5.95. The Morgan fingerprint density at radius 3 is 2.60 bits per heavy atom. The van der Waals surface area contributed by atoms with E-state index < -0.39 is 11.0 Å². The lowest BCUT2D eigenvalue weighted by atomic mass is 10.2. The largest absolute Gasteiger partial charge is 0.328 e. The Hall–Kier alpha value is -0.130. The smallest absolute Gasteiger partial charge is 0.257 e. The summed E-state index contributed by atoms with van der Waals surface area (Å²) in [5.74, 6) is 0. The molecule has 10 heavy (non-hydrogen) atoms. The summed E-state index contributed by atoms with van der Waals surface area (Å²) in [5, 5.41) is 0. The second kappa shape index (κ2) is 5.64. The van der Waals surface area contributed by atoms with Crippen molar-refractivity contribution in [3.63, 3.8) is 0 Å². The third-order valence-corrected chi connectivity index (χ3v) is 1.60. The average Bonchev–Trinajstić information content (AvgIpc) is 1.87. The normalized spacial score (nSPS) is 13.9. The highest BCUT2D eigenvalue weighted by atomic mass is 32.2. The van der Waals surface area contributed by atoms with Gasteiger partial charge in [-0.05, 0) is 12.8 Å². The molecule has 0 saturated heterocycles. The molecule has 0 heterocycles. The lowest BCUT2D eigenvalue weighted by Crippen LogP contribution is -2.20. The van der Waals surface area contributed by atoms with Crippen molar-refractivity contribution >= 4 is 11.0 Å². The van der Waals surface area contributed by atoms with Crippen LogP contribution in [0.25, 0.3) is 0 Å². The average molecular weight is 167 g/mol. The van der Waals surface area contributed by atoms with Crippen LogP contribution in [-0.2, 0) is 15.2 Å². The Balaban J connectivity index is 3.19. The Bertz CT molecular complexity index is 138. The van der Waals surface area contributed by atoms with Crippen LogP contribution < -0.4 is 5.73 Å². The molecule has 0 saturated carbocycles. The molecular weight excluding hydrogens is 154 g/mol. The molecule has 1 atom stereocenters. The van der Waals surface area contributed by atoms with Crippen LogP contribution in [-0.4, -0.2) is 21.1 Å². The Morgan fingerprint density at radius 1 is 1.60 bits per heavy atom. The zero-order chi connectivity index (χ0) is 7.98. The fourth-order valence-electron chi connectivity index (χ4n) is 0.483. The van der Waals surface area contributed by atoms with E-state index in [9.17, 15) is 8.42 Å². The summed E-state index contributed by atoms with van der Waals surface area (Å²) in [6, 6.07) is 0.0509. The fourth-order valence-corrected chi connectivity index (χ4v) is 0.737. The van der Waals surface area contributed by atoms with E-state index in [0.717, 1.165) is 6.42 Å². The van der Waals surface area contributed by atoms with Crippen molar-refractivity contribution in [2.45, 2.75) is 25.8 Å². The molecule has 0 aliphatic carbocycles. The van der Waals surface area contributed by atoms with Crippen LogP contribution in [0.3, 0.4) is 0 Å². The molecule has 62 valence electrons. The number of nitrogens with two attached hydrogens (primary N) is 1. The minimum absolute atomic E-state index is 0.0509. The van der Waals surface area contributed by atoms with E-state index in [4.69, 9.17) is 5.73 Å². The van der Waals surface area contributed by atoms with E-state index in [1.54, 1.807) is 0 Å². The highest BCUT2D eigenvalue weighted by molar-refractivity contribution is 7.67. The SMILES string of the molecule is CCC(N)CCO[SH](=O)=O. The molecule has 1 unspecified atom stereocenters.